The topological polar surface area (TPSA) is 60.2 Å². The monoisotopic (exact) mass is 388 g/mol. The molecular weight excluding hydrogens is 356 g/mol. The Morgan fingerprint density at radius 1 is 1.07 bits per heavy atom. The van der Waals surface area contributed by atoms with Crippen LogP contribution in [0.4, 0.5) is 0 Å². The highest BCUT2D eigenvalue weighted by Crippen LogP contribution is 2.23. The van der Waals surface area contributed by atoms with Crippen LogP contribution in [-0.4, -0.2) is 90.8 Å². The fourth-order valence-corrected chi connectivity index (χ4v) is 4.49. The van der Waals surface area contributed by atoms with E-state index in [2.05, 4.69) is 16.8 Å². The summed E-state index contributed by atoms with van der Waals surface area (Å²) in [6, 6.07) is 3.76. The second kappa shape index (κ2) is 8.66. The third-order valence-corrected chi connectivity index (χ3v) is 6.40. The third kappa shape index (κ3) is 4.58. The molecule has 0 aromatic carbocycles. The van der Waals surface area contributed by atoms with Crippen molar-refractivity contribution in [1.29, 1.82) is 0 Å². The summed E-state index contributed by atoms with van der Waals surface area (Å²) >= 11 is 0. The van der Waals surface area contributed by atoms with E-state index in [1.54, 1.807) is 0 Å². The lowest BCUT2D eigenvalue weighted by molar-refractivity contribution is -0.128. The Morgan fingerprint density at radius 3 is 2.50 bits per heavy atom. The number of piperidine rings is 1. The first kappa shape index (κ1) is 19.5. The molecule has 4 heterocycles. The first-order valence-corrected chi connectivity index (χ1v) is 10.6. The Hall–Kier alpha value is -1.86. The largest absolute Gasteiger partial charge is 0.455 e. The van der Waals surface area contributed by atoms with Crippen LogP contribution in [0.5, 0.6) is 0 Å². The van der Waals surface area contributed by atoms with Crippen LogP contribution >= 0.6 is 0 Å². The van der Waals surface area contributed by atoms with Crippen LogP contribution in [0.15, 0.2) is 16.5 Å². The third-order valence-electron chi connectivity index (χ3n) is 6.40. The van der Waals surface area contributed by atoms with E-state index in [0.717, 1.165) is 83.9 Å². The number of likely N-dealkylation sites (N-methyl/N-ethyl adjacent to an activating group) is 1. The summed E-state index contributed by atoms with van der Waals surface area (Å²) in [6.45, 7) is 8.25. The van der Waals surface area contributed by atoms with Crippen LogP contribution in [0, 0.1) is 5.92 Å². The van der Waals surface area contributed by atoms with E-state index in [4.69, 9.17) is 4.42 Å². The van der Waals surface area contributed by atoms with Gasteiger partial charge in [-0.1, -0.05) is 0 Å². The molecule has 0 saturated carbocycles. The van der Waals surface area contributed by atoms with Crippen molar-refractivity contribution in [3.05, 3.63) is 23.7 Å². The van der Waals surface area contributed by atoms with E-state index in [0.29, 0.717) is 24.0 Å². The second-order valence-electron chi connectivity index (χ2n) is 8.52. The summed E-state index contributed by atoms with van der Waals surface area (Å²) in [5, 5.41) is 0. The van der Waals surface area contributed by atoms with Crippen molar-refractivity contribution in [3.8, 4) is 0 Å². The maximum Gasteiger partial charge on any atom is 0.289 e. The molecule has 3 fully saturated rings. The minimum absolute atomic E-state index is 0.000302. The molecule has 1 aromatic rings. The fourth-order valence-electron chi connectivity index (χ4n) is 4.49. The van der Waals surface area contributed by atoms with Gasteiger partial charge in [-0.15, -0.1) is 0 Å². The molecule has 7 nitrogen and oxygen atoms in total. The first-order valence-electron chi connectivity index (χ1n) is 10.6. The summed E-state index contributed by atoms with van der Waals surface area (Å²) in [5.41, 5.74) is 0. The highest BCUT2D eigenvalue weighted by Gasteiger charge is 2.29. The highest BCUT2D eigenvalue weighted by atomic mass is 16.4. The number of hydrogen-bond acceptors (Lipinski definition) is 5. The smallest absolute Gasteiger partial charge is 0.289 e. The lowest BCUT2D eigenvalue weighted by atomic mass is 9.96. The maximum atomic E-state index is 12.8. The summed E-state index contributed by atoms with van der Waals surface area (Å²) in [7, 11) is 2.15. The number of rotatable bonds is 5. The molecule has 2 amide bonds. The first-order chi connectivity index (χ1) is 13.6. The summed E-state index contributed by atoms with van der Waals surface area (Å²) in [6.07, 6.45) is 3.62. The molecule has 0 unspecified atom stereocenters. The van der Waals surface area contributed by atoms with Crippen molar-refractivity contribution in [2.45, 2.75) is 32.2 Å². The van der Waals surface area contributed by atoms with Gasteiger partial charge in [-0.2, -0.15) is 0 Å². The van der Waals surface area contributed by atoms with Gasteiger partial charge in [-0.05, 0) is 44.4 Å². The molecule has 154 valence electrons. The van der Waals surface area contributed by atoms with Crippen LogP contribution in [-0.2, 0) is 11.3 Å². The Balaban J connectivity index is 1.25. The SMILES string of the molecule is CN1CCN(Cc2ccc(C(=O)N3CCC(CN4CCCC4=O)CC3)o2)CC1. The number of amides is 2. The van der Waals surface area contributed by atoms with E-state index < -0.39 is 0 Å². The zero-order chi connectivity index (χ0) is 19.5. The van der Waals surface area contributed by atoms with E-state index in [-0.39, 0.29) is 5.91 Å². The van der Waals surface area contributed by atoms with Gasteiger partial charge in [0.2, 0.25) is 5.91 Å². The molecule has 4 rings (SSSR count). The molecule has 0 bridgehead atoms. The number of carbonyl (C=O) groups excluding carboxylic acids is 2. The molecule has 0 radical (unpaired) electrons. The molecule has 3 saturated heterocycles. The highest BCUT2D eigenvalue weighted by molar-refractivity contribution is 5.91. The molecule has 0 atom stereocenters. The van der Waals surface area contributed by atoms with Crippen LogP contribution < -0.4 is 0 Å². The van der Waals surface area contributed by atoms with Crippen LogP contribution in [0.2, 0.25) is 0 Å². The number of piperazine rings is 1. The minimum atomic E-state index is 0.000302. The van der Waals surface area contributed by atoms with E-state index in [1.807, 2.05) is 21.9 Å². The average Bonchev–Trinajstić information content (AvgIpc) is 3.33. The van der Waals surface area contributed by atoms with E-state index in [1.165, 1.54) is 0 Å². The van der Waals surface area contributed by atoms with E-state index >= 15 is 0 Å². The molecule has 3 aliphatic heterocycles. The van der Waals surface area contributed by atoms with Gasteiger partial charge in [0.1, 0.15) is 5.76 Å². The van der Waals surface area contributed by atoms with Crippen LogP contribution in [0.25, 0.3) is 0 Å². The van der Waals surface area contributed by atoms with Gasteiger partial charge >= 0.3 is 0 Å². The molecule has 0 aliphatic carbocycles. The number of hydrogen-bond donors (Lipinski definition) is 0. The molecule has 28 heavy (non-hydrogen) atoms. The lowest BCUT2D eigenvalue weighted by Crippen LogP contribution is -2.43. The summed E-state index contributed by atoms with van der Waals surface area (Å²) in [4.78, 5) is 33.2. The van der Waals surface area contributed by atoms with Crippen molar-refractivity contribution in [3.63, 3.8) is 0 Å². The lowest BCUT2D eigenvalue weighted by Gasteiger charge is -2.33. The molecule has 3 aliphatic rings. The maximum absolute atomic E-state index is 12.8. The van der Waals surface area contributed by atoms with Crippen molar-refractivity contribution in [2.75, 3.05) is 59.4 Å². The van der Waals surface area contributed by atoms with Crippen molar-refractivity contribution < 1.29 is 14.0 Å². The van der Waals surface area contributed by atoms with Crippen molar-refractivity contribution in [1.82, 2.24) is 19.6 Å². The Morgan fingerprint density at radius 2 is 1.82 bits per heavy atom. The van der Waals surface area contributed by atoms with Crippen LogP contribution in [0.1, 0.15) is 42.0 Å². The fraction of sp³-hybridized carbons (Fsp3) is 0.714. The molecule has 0 spiro atoms. The molecule has 7 heteroatoms. The summed E-state index contributed by atoms with van der Waals surface area (Å²) < 4.78 is 5.88. The molecular formula is C21H32N4O3. The van der Waals surface area contributed by atoms with E-state index in [9.17, 15) is 9.59 Å². The number of likely N-dealkylation sites (tertiary alicyclic amines) is 2. The molecule has 0 N–H and O–H groups in total. The number of carbonyl (C=O) groups is 2. The van der Waals surface area contributed by atoms with Gasteiger partial charge in [0, 0.05) is 58.8 Å². The quantitative estimate of drug-likeness (QED) is 0.765. The number of furan rings is 1. The van der Waals surface area contributed by atoms with Crippen molar-refractivity contribution >= 4 is 11.8 Å². The predicted octanol–water partition coefficient (Wildman–Crippen LogP) is 1.50. The zero-order valence-electron chi connectivity index (χ0n) is 16.9. The van der Waals surface area contributed by atoms with Gasteiger partial charge in [0.15, 0.2) is 5.76 Å². The Bertz CT molecular complexity index is 688. The normalized spacial score (nSPS) is 23.0. The van der Waals surface area contributed by atoms with Gasteiger partial charge in [-0.25, -0.2) is 0 Å². The minimum Gasteiger partial charge on any atom is -0.455 e. The van der Waals surface area contributed by atoms with Gasteiger partial charge in [0.25, 0.3) is 5.91 Å². The van der Waals surface area contributed by atoms with Gasteiger partial charge in [0.05, 0.1) is 6.54 Å². The van der Waals surface area contributed by atoms with Gasteiger partial charge < -0.3 is 19.1 Å². The Labute approximate surface area is 167 Å². The predicted molar refractivity (Wildman–Crippen MR) is 106 cm³/mol. The Kier molecular flexibility index (Phi) is 6.01. The standard InChI is InChI=1S/C21H32N4O3/c1-22-11-13-23(14-12-22)16-18-4-5-19(28-18)21(27)24-9-6-17(7-10-24)15-25-8-2-3-20(25)26/h4-5,17H,2-3,6-16H2,1H3. The van der Waals surface area contributed by atoms with Crippen LogP contribution in [0.3, 0.4) is 0 Å². The average molecular weight is 389 g/mol. The molecule has 1 aromatic heterocycles. The second-order valence-corrected chi connectivity index (χ2v) is 8.52. The van der Waals surface area contributed by atoms with Crippen molar-refractivity contribution in [2.24, 2.45) is 5.92 Å². The number of nitrogens with zero attached hydrogens (tertiary/aromatic N) is 4. The summed E-state index contributed by atoms with van der Waals surface area (Å²) in [5.74, 6) is 2.13. The zero-order valence-corrected chi connectivity index (χ0v) is 16.9. The van der Waals surface area contributed by atoms with Gasteiger partial charge in [-0.3, -0.25) is 14.5 Å².